The van der Waals surface area contributed by atoms with Crippen molar-refractivity contribution in [1.29, 1.82) is 0 Å². The fourth-order valence-electron chi connectivity index (χ4n) is 4.29. The number of ether oxygens (including phenoxy) is 3. The molecular formula is C34H45NO4. The lowest BCUT2D eigenvalue weighted by Gasteiger charge is -2.19. The summed E-state index contributed by atoms with van der Waals surface area (Å²) in [5.74, 6) is 1.54. The van der Waals surface area contributed by atoms with Crippen LogP contribution in [0.25, 0.3) is 10.9 Å². The molecule has 3 rings (SSSR count). The average molecular weight is 532 g/mol. The molecule has 0 aliphatic heterocycles. The maximum atomic E-state index is 13.8. The first kappa shape index (κ1) is 30.1. The molecule has 0 amide bonds. The van der Waals surface area contributed by atoms with Crippen LogP contribution in [0, 0.1) is 0 Å². The third kappa shape index (κ3) is 9.05. The Kier molecular flexibility index (Phi) is 12.2. The fraction of sp³-hybridized carbons (Fsp3) is 0.441. The molecule has 1 heterocycles. The van der Waals surface area contributed by atoms with Gasteiger partial charge in [0.05, 0.1) is 12.1 Å². The van der Waals surface area contributed by atoms with Crippen molar-refractivity contribution < 1.29 is 14.2 Å². The Bertz CT molecular complexity index is 1300. The van der Waals surface area contributed by atoms with Gasteiger partial charge in [0.1, 0.15) is 19.0 Å². The van der Waals surface area contributed by atoms with E-state index in [1.165, 1.54) is 11.1 Å². The van der Waals surface area contributed by atoms with Gasteiger partial charge >= 0.3 is 0 Å². The largest absolute Gasteiger partial charge is 0.489 e. The third-order valence-corrected chi connectivity index (χ3v) is 6.63. The predicted octanol–water partition coefficient (Wildman–Crippen LogP) is 8.63. The van der Waals surface area contributed by atoms with Crippen molar-refractivity contribution in [3.05, 3.63) is 87.7 Å². The number of aryl methyl sites for hydroxylation is 1. The number of unbranched alkanes of at least 4 members (excludes halogenated alkanes) is 2. The highest BCUT2D eigenvalue weighted by Crippen LogP contribution is 2.35. The molecule has 0 N–H and O–H groups in total. The molecule has 5 nitrogen and oxygen atoms in total. The van der Waals surface area contributed by atoms with Gasteiger partial charge in [0.2, 0.25) is 5.75 Å². The zero-order chi connectivity index (χ0) is 28.0. The highest BCUT2D eigenvalue weighted by atomic mass is 16.5. The second kappa shape index (κ2) is 15.8. The van der Waals surface area contributed by atoms with E-state index < -0.39 is 0 Å². The highest BCUT2D eigenvalue weighted by molar-refractivity contribution is 5.89. The van der Waals surface area contributed by atoms with Crippen LogP contribution >= 0.6 is 0 Å². The average Bonchev–Trinajstić information content (AvgIpc) is 2.93. The molecule has 0 atom stereocenters. The first-order valence-electron chi connectivity index (χ1n) is 14.4. The zero-order valence-electron chi connectivity index (χ0n) is 24.4. The summed E-state index contributed by atoms with van der Waals surface area (Å²) < 4.78 is 20.4. The number of fused-ring (bicyclic) bond motifs is 1. The number of pyridine rings is 1. The van der Waals surface area contributed by atoms with Gasteiger partial charge < -0.3 is 18.8 Å². The molecule has 210 valence electrons. The zero-order valence-corrected chi connectivity index (χ0v) is 24.4. The summed E-state index contributed by atoms with van der Waals surface area (Å²) in [5.41, 5.74) is 4.34. The first-order valence-corrected chi connectivity index (χ1v) is 14.4. The van der Waals surface area contributed by atoms with Crippen LogP contribution in [-0.2, 0) is 13.2 Å². The number of rotatable bonds is 16. The van der Waals surface area contributed by atoms with Gasteiger partial charge in [-0.2, -0.15) is 0 Å². The molecule has 0 unspecified atom stereocenters. The lowest BCUT2D eigenvalue weighted by atomic mass is 10.1. The second-order valence-electron chi connectivity index (χ2n) is 10.3. The molecule has 0 saturated heterocycles. The minimum absolute atomic E-state index is 0.147. The highest BCUT2D eigenvalue weighted by Gasteiger charge is 2.20. The topological polar surface area (TPSA) is 49.7 Å². The third-order valence-electron chi connectivity index (χ3n) is 6.63. The van der Waals surface area contributed by atoms with Crippen molar-refractivity contribution in [1.82, 2.24) is 4.57 Å². The van der Waals surface area contributed by atoms with Crippen molar-refractivity contribution in [2.75, 3.05) is 13.2 Å². The summed E-state index contributed by atoms with van der Waals surface area (Å²) >= 11 is 0. The number of allylic oxidation sites excluding steroid dienone is 3. The van der Waals surface area contributed by atoms with Crippen molar-refractivity contribution >= 4 is 10.9 Å². The molecule has 0 aliphatic carbocycles. The monoisotopic (exact) mass is 531 g/mol. The van der Waals surface area contributed by atoms with Crippen LogP contribution in [-0.4, -0.2) is 17.8 Å². The van der Waals surface area contributed by atoms with Crippen molar-refractivity contribution in [3.8, 4) is 17.2 Å². The second-order valence-corrected chi connectivity index (χ2v) is 10.3. The van der Waals surface area contributed by atoms with Crippen LogP contribution in [0.15, 0.2) is 76.6 Å². The molecule has 3 aromatic rings. The van der Waals surface area contributed by atoms with Crippen LogP contribution in [0.4, 0.5) is 0 Å². The Morgan fingerprint density at radius 3 is 2.36 bits per heavy atom. The van der Waals surface area contributed by atoms with Gasteiger partial charge in [0, 0.05) is 18.0 Å². The van der Waals surface area contributed by atoms with Crippen LogP contribution in [0.3, 0.4) is 0 Å². The molecule has 0 fully saturated rings. The van der Waals surface area contributed by atoms with E-state index in [0.29, 0.717) is 37.9 Å². The maximum absolute atomic E-state index is 13.8. The van der Waals surface area contributed by atoms with Crippen LogP contribution in [0.2, 0.25) is 0 Å². The quantitative estimate of drug-likeness (QED) is 0.137. The summed E-state index contributed by atoms with van der Waals surface area (Å²) in [6.07, 6.45) is 10.1. The van der Waals surface area contributed by atoms with Crippen molar-refractivity contribution in [2.24, 2.45) is 0 Å². The number of hydrogen-bond donors (Lipinski definition) is 0. The fourth-order valence-corrected chi connectivity index (χ4v) is 4.29. The van der Waals surface area contributed by atoms with E-state index in [-0.39, 0.29) is 5.56 Å². The Morgan fingerprint density at radius 2 is 1.64 bits per heavy atom. The van der Waals surface area contributed by atoms with E-state index in [4.69, 9.17) is 14.2 Å². The van der Waals surface area contributed by atoms with E-state index in [9.17, 15) is 4.79 Å². The van der Waals surface area contributed by atoms with E-state index in [2.05, 4.69) is 46.8 Å². The summed E-state index contributed by atoms with van der Waals surface area (Å²) in [5, 5.41) is 0.861. The lowest BCUT2D eigenvalue weighted by Crippen LogP contribution is -2.24. The van der Waals surface area contributed by atoms with Crippen LogP contribution in [0.5, 0.6) is 17.2 Å². The van der Waals surface area contributed by atoms with E-state index in [0.717, 1.165) is 60.7 Å². The first-order chi connectivity index (χ1) is 18.9. The Morgan fingerprint density at radius 1 is 0.872 bits per heavy atom. The Labute approximate surface area is 234 Å². The van der Waals surface area contributed by atoms with Crippen LogP contribution in [0.1, 0.15) is 78.7 Å². The number of aromatic nitrogens is 1. The number of benzene rings is 2. The van der Waals surface area contributed by atoms with Gasteiger partial charge in [-0.3, -0.25) is 4.79 Å². The van der Waals surface area contributed by atoms with E-state index in [1.54, 1.807) is 0 Å². The van der Waals surface area contributed by atoms with Gasteiger partial charge in [-0.15, -0.1) is 0 Å². The lowest BCUT2D eigenvalue weighted by molar-refractivity contribution is 0.274. The van der Waals surface area contributed by atoms with E-state index >= 15 is 0 Å². The Balaban J connectivity index is 1.98. The molecule has 0 saturated carbocycles. The number of nitrogens with zero attached hydrogens (tertiary/aromatic N) is 1. The molecular weight excluding hydrogens is 486 g/mol. The smallest absolute Gasteiger partial charge is 0.297 e. The molecule has 0 bridgehead atoms. The predicted molar refractivity (Wildman–Crippen MR) is 162 cm³/mol. The molecule has 0 aliphatic rings. The van der Waals surface area contributed by atoms with Crippen LogP contribution < -0.4 is 19.8 Å². The minimum Gasteiger partial charge on any atom is -0.489 e. The summed E-state index contributed by atoms with van der Waals surface area (Å²) in [4.78, 5) is 13.8. The molecule has 5 heteroatoms. The van der Waals surface area contributed by atoms with Gasteiger partial charge in [-0.1, -0.05) is 74.2 Å². The van der Waals surface area contributed by atoms with Crippen molar-refractivity contribution in [3.63, 3.8) is 0 Å². The van der Waals surface area contributed by atoms with E-state index in [1.807, 2.05) is 53.1 Å². The molecule has 2 aromatic carbocycles. The van der Waals surface area contributed by atoms with Gasteiger partial charge in [-0.25, -0.2) is 0 Å². The van der Waals surface area contributed by atoms with Gasteiger partial charge in [0.25, 0.3) is 5.56 Å². The molecule has 0 spiro atoms. The summed E-state index contributed by atoms with van der Waals surface area (Å²) in [6.45, 7) is 12.5. The molecule has 0 radical (unpaired) electrons. The summed E-state index contributed by atoms with van der Waals surface area (Å²) in [6, 6.07) is 16.0. The number of hydrogen-bond acceptors (Lipinski definition) is 4. The molecule has 39 heavy (non-hydrogen) atoms. The molecule has 1 aromatic heterocycles. The van der Waals surface area contributed by atoms with Gasteiger partial charge in [-0.05, 0) is 70.2 Å². The van der Waals surface area contributed by atoms with Crippen molar-refractivity contribution in [2.45, 2.75) is 86.3 Å². The Hall–Kier alpha value is -3.47. The summed E-state index contributed by atoms with van der Waals surface area (Å²) in [7, 11) is 0. The SMILES string of the molecule is CCCCOc1c(OC/C=C(\C)CCC=C(C)C)c2ccc(OCc3ccccc3)cc2n(CCCC)c1=O. The normalized spacial score (nSPS) is 11.5. The maximum Gasteiger partial charge on any atom is 0.297 e. The standard InChI is InChI=1S/C34H45NO4/c1-6-8-21-35-31-24-29(39-25-28-16-11-10-12-17-28)18-19-30(31)32(33(34(35)36)37-22-9-7-2)38-23-20-27(5)15-13-14-26(3)4/h10-12,14,16-20,24H,6-9,13,15,21-23,25H2,1-5H3/b27-20+. The minimum atomic E-state index is -0.147. The van der Waals surface area contributed by atoms with Gasteiger partial charge in [0.15, 0.2) is 5.75 Å².